The van der Waals surface area contributed by atoms with Gasteiger partial charge in [-0.2, -0.15) is 0 Å². The van der Waals surface area contributed by atoms with Crippen molar-refractivity contribution in [2.24, 2.45) is 5.92 Å². The van der Waals surface area contributed by atoms with Crippen molar-refractivity contribution >= 4 is 17.6 Å². The lowest BCUT2D eigenvalue weighted by Gasteiger charge is -2.32. The van der Waals surface area contributed by atoms with Gasteiger partial charge in [-0.05, 0) is 56.5 Å². The molecule has 0 aliphatic carbocycles. The van der Waals surface area contributed by atoms with E-state index in [-0.39, 0.29) is 11.8 Å². The van der Waals surface area contributed by atoms with E-state index in [4.69, 9.17) is 4.74 Å². The average Bonchev–Trinajstić information content (AvgIpc) is 2.69. The van der Waals surface area contributed by atoms with E-state index in [2.05, 4.69) is 41.4 Å². The Labute approximate surface area is 166 Å². The number of piperidine rings is 1. The van der Waals surface area contributed by atoms with Gasteiger partial charge in [0.15, 0.2) is 0 Å². The van der Waals surface area contributed by atoms with Gasteiger partial charge in [0.05, 0.1) is 18.6 Å². The van der Waals surface area contributed by atoms with Crippen molar-refractivity contribution in [2.45, 2.75) is 33.2 Å². The molecule has 3 rings (SSSR count). The van der Waals surface area contributed by atoms with Crippen LogP contribution in [0, 0.1) is 19.8 Å². The van der Waals surface area contributed by atoms with Crippen LogP contribution in [0.1, 0.15) is 39.9 Å². The molecule has 1 amide bonds. The van der Waals surface area contributed by atoms with Crippen LogP contribution in [0.2, 0.25) is 0 Å². The summed E-state index contributed by atoms with van der Waals surface area (Å²) in [5.74, 6) is -0.448. The normalized spacial score (nSPS) is 17.2. The van der Waals surface area contributed by atoms with Crippen LogP contribution in [0.25, 0.3) is 0 Å². The maximum atomic E-state index is 12.9. The Kier molecular flexibility index (Phi) is 6.47. The molecule has 1 aliphatic rings. The van der Waals surface area contributed by atoms with E-state index in [1.165, 1.54) is 18.2 Å². The van der Waals surface area contributed by atoms with Crippen LogP contribution in [0.3, 0.4) is 0 Å². The maximum absolute atomic E-state index is 12.9. The quantitative estimate of drug-likeness (QED) is 0.798. The summed E-state index contributed by atoms with van der Waals surface area (Å²) in [6.45, 7) is 6.63. The van der Waals surface area contributed by atoms with Crippen molar-refractivity contribution in [3.8, 4) is 0 Å². The molecule has 0 spiro atoms. The van der Waals surface area contributed by atoms with E-state index in [1.807, 2.05) is 13.0 Å². The fourth-order valence-corrected chi connectivity index (χ4v) is 3.72. The molecule has 2 aromatic rings. The minimum absolute atomic E-state index is 0.0130. The van der Waals surface area contributed by atoms with Crippen molar-refractivity contribution in [1.29, 1.82) is 0 Å². The van der Waals surface area contributed by atoms with Crippen LogP contribution < -0.4 is 5.32 Å². The van der Waals surface area contributed by atoms with Gasteiger partial charge in [-0.3, -0.25) is 9.69 Å². The Hall–Kier alpha value is -2.66. The van der Waals surface area contributed by atoms with Crippen LogP contribution in [-0.2, 0) is 16.1 Å². The number of hydrogen-bond acceptors (Lipinski definition) is 4. The Bertz CT molecular complexity index is 863. The Balaban J connectivity index is 1.65. The first-order valence-electron chi connectivity index (χ1n) is 9.74. The monoisotopic (exact) mass is 380 g/mol. The summed E-state index contributed by atoms with van der Waals surface area (Å²) < 4.78 is 4.77. The van der Waals surface area contributed by atoms with Crippen molar-refractivity contribution in [3.63, 3.8) is 0 Å². The molecule has 0 saturated carbocycles. The molecule has 1 N–H and O–H groups in total. The lowest BCUT2D eigenvalue weighted by molar-refractivity contribution is -0.121. The van der Waals surface area contributed by atoms with Gasteiger partial charge < -0.3 is 10.1 Å². The Morgan fingerprint density at radius 3 is 2.75 bits per heavy atom. The molecule has 1 heterocycles. The second-order valence-electron chi connectivity index (χ2n) is 7.57. The number of rotatable bonds is 5. The summed E-state index contributed by atoms with van der Waals surface area (Å²) in [6, 6.07) is 13.7. The molecule has 1 saturated heterocycles. The number of amides is 1. The molecule has 1 aliphatic heterocycles. The molecule has 5 nitrogen and oxygen atoms in total. The number of hydrogen-bond donors (Lipinski definition) is 1. The number of ether oxygens (including phenoxy) is 1. The van der Waals surface area contributed by atoms with E-state index in [0.29, 0.717) is 11.3 Å². The SMILES string of the molecule is COC(=O)c1ccc(C)c(NC(=O)C2CCCN(Cc3cccc(C)c3)C2)c1. The Morgan fingerprint density at radius 1 is 1.18 bits per heavy atom. The number of nitrogens with zero attached hydrogens (tertiary/aromatic N) is 1. The van der Waals surface area contributed by atoms with Crippen molar-refractivity contribution in [3.05, 3.63) is 64.7 Å². The molecule has 5 heteroatoms. The highest BCUT2D eigenvalue weighted by Gasteiger charge is 2.26. The van der Waals surface area contributed by atoms with Crippen molar-refractivity contribution < 1.29 is 14.3 Å². The van der Waals surface area contributed by atoms with Gasteiger partial charge in [0.1, 0.15) is 0 Å². The standard InChI is InChI=1S/C23H28N2O3/c1-16-6-4-7-18(12-16)14-25-11-5-8-20(15-25)22(26)24-21-13-19(23(27)28-3)10-9-17(21)2/h4,6-7,9-10,12-13,20H,5,8,11,14-15H2,1-3H3,(H,24,26). The number of nitrogens with one attached hydrogen (secondary N) is 1. The molecule has 28 heavy (non-hydrogen) atoms. The lowest BCUT2D eigenvalue weighted by atomic mass is 9.96. The van der Waals surface area contributed by atoms with E-state index >= 15 is 0 Å². The summed E-state index contributed by atoms with van der Waals surface area (Å²) >= 11 is 0. The molecule has 2 aromatic carbocycles. The molecule has 1 unspecified atom stereocenters. The zero-order valence-corrected chi connectivity index (χ0v) is 16.8. The summed E-state index contributed by atoms with van der Waals surface area (Å²) in [5.41, 5.74) is 4.57. The second kappa shape index (κ2) is 9.02. The number of carbonyl (C=O) groups is 2. The molecule has 1 atom stereocenters. The minimum atomic E-state index is -0.405. The van der Waals surface area contributed by atoms with Crippen LogP contribution in [0.4, 0.5) is 5.69 Å². The largest absolute Gasteiger partial charge is 0.465 e. The number of esters is 1. The molecule has 0 radical (unpaired) electrons. The topological polar surface area (TPSA) is 58.6 Å². The van der Waals surface area contributed by atoms with Gasteiger partial charge in [-0.1, -0.05) is 35.9 Å². The van der Waals surface area contributed by atoms with Gasteiger partial charge in [-0.25, -0.2) is 4.79 Å². The summed E-state index contributed by atoms with van der Waals surface area (Å²) in [4.78, 5) is 27.0. The summed E-state index contributed by atoms with van der Waals surface area (Å²) in [6.07, 6.45) is 1.89. The fourth-order valence-electron chi connectivity index (χ4n) is 3.72. The Morgan fingerprint density at radius 2 is 2.00 bits per heavy atom. The highest BCUT2D eigenvalue weighted by atomic mass is 16.5. The smallest absolute Gasteiger partial charge is 0.337 e. The van der Waals surface area contributed by atoms with Gasteiger partial charge in [0, 0.05) is 18.8 Å². The third kappa shape index (κ3) is 4.98. The van der Waals surface area contributed by atoms with Crippen LogP contribution in [-0.4, -0.2) is 37.0 Å². The number of carbonyl (C=O) groups excluding carboxylic acids is 2. The highest BCUT2D eigenvalue weighted by Crippen LogP contribution is 2.23. The highest BCUT2D eigenvalue weighted by molar-refractivity contribution is 5.96. The van der Waals surface area contributed by atoms with Gasteiger partial charge in [-0.15, -0.1) is 0 Å². The van der Waals surface area contributed by atoms with E-state index in [0.717, 1.165) is 38.0 Å². The third-order valence-corrected chi connectivity index (χ3v) is 5.28. The molecule has 1 fully saturated rings. The van der Waals surface area contributed by atoms with E-state index in [9.17, 15) is 9.59 Å². The second-order valence-corrected chi connectivity index (χ2v) is 7.57. The minimum Gasteiger partial charge on any atom is -0.465 e. The number of likely N-dealkylation sites (tertiary alicyclic amines) is 1. The number of benzene rings is 2. The molecular weight excluding hydrogens is 352 g/mol. The number of aryl methyl sites for hydroxylation is 2. The molecule has 0 aromatic heterocycles. The number of methoxy groups -OCH3 is 1. The molecular formula is C23H28N2O3. The average molecular weight is 380 g/mol. The first-order chi connectivity index (χ1) is 13.5. The fraction of sp³-hybridized carbons (Fsp3) is 0.391. The first-order valence-corrected chi connectivity index (χ1v) is 9.74. The zero-order valence-electron chi connectivity index (χ0n) is 16.8. The van der Waals surface area contributed by atoms with Crippen LogP contribution >= 0.6 is 0 Å². The zero-order chi connectivity index (χ0) is 20.1. The van der Waals surface area contributed by atoms with Crippen molar-refractivity contribution in [2.75, 3.05) is 25.5 Å². The summed E-state index contributed by atoms with van der Waals surface area (Å²) in [5, 5.41) is 3.02. The lowest BCUT2D eigenvalue weighted by Crippen LogP contribution is -2.40. The molecule has 0 bridgehead atoms. The first kappa shape index (κ1) is 20.1. The van der Waals surface area contributed by atoms with E-state index in [1.54, 1.807) is 12.1 Å². The van der Waals surface area contributed by atoms with Gasteiger partial charge >= 0.3 is 5.97 Å². The summed E-state index contributed by atoms with van der Waals surface area (Å²) in [7, 11) is 1.35. The van der Waals surface area contributed by atoms with Gasteiger partial charge in [0.25, 0.3) is 0 Å². The van der Waals surface area contributed by atoms with Crippen LogP contribution in [0.5, 0.6) is 0 Å². The predicted octanol–water partition coefficient (Wildman–Crippen LogP) is 3.94. The number of anilines is 1. The molecule has 148 valence electrons. The van der Waals surface area contributed by atoms with Gasteiger partial charge in [0.2, 0.25) is 5.91 Å². The van der Waals surface area contributed by atoms with Crippen molar-refractivity contribution in [1.82, 2.24) is 4.90 Å². The van der Waals surface area contributed by atoms with Crippen LogP contribution in [0.15, 0.2) is 42.5 Å². The maximum Gasteiger partial charge on any atom is 0.337 e. The van der Waals surface area contributed by atoms with E-state index < -0.39 is 5.97 Å². The third-order valence-electron chi connectivity index (χ3n) is 5.28. The predicted molar refractivity (Wildman–Crippen MR) is 110 cm³/mol.